The van der Waals surface area contributed by atoms with Crippen molar-refractivity contribution in [1.29, 1.82) is 0 Å². The monoisotopic (exact) mass is 285 g/mol. The Balaban J connectivity index is 2.33. The predicted molar refractivity (Wildman–Crippen MR) is 95.4 cm³/mol. The Kier molecular flexibility index (Phi) is 8.73. The normalized spacial score (nSPS) is 12.8. The maximum Gasteiger partial charge on any atom is 0.0344 e. The van der Waals surface area contributed by atoms with E-state index in [1.165, 1.54) is 60.9 Å². The Morgan fingerprint density at radius 1 is 1.10 bits per heavy atom. The fourth-order valence-electron chi connectivity index (χ4n) is 2.57. The third kappa shape index (κ3) is 7.27. The molecule has 1 heteroatoms. The SMILES string of the molecule is CCCCC(/C=C(/C)CCCCc1ccccc1C)=NC. The van der Waals surface area contributed by atoms with Gasteiger partial charge in [-0.1, -0.05) is 43.2 Å². The van der Waals surface area contributed by atoms with Crippen LogP contribution in [0.1, 0.15) is 63.5 Å². The van der Waals surface area contributed by atoms with Gasteiger partial charge >= 0.3 is 0 Å². The number of hydrogen-bond acceptors (Lipinski definition) is 1. The lowest BCUT2D eigenvalue weighted by Gasteiger charge is -2.06. The van der Waals surface area contributed by atoms with Gasteiger partial charge in [0.15, 0.2) is 0 Å². The Bertz CT molecular complexity index is 468. The van der Waals surface area contributed by atoms with Crippen LogP contribution >= 0.6 is 0 Å². The molecule has 0 aliphatic rings. The molecule has 0 saturated carbocycles. The van der Waals surface area contributed by atoms with Crippen molar-refractivity contribution in [2.45, 2.75) is 65.7 Å². The van der Waals surface area contributed by atoms with E-state index in [-0.39, 0.29) is 0 Å². The summed E-state index contributed by atoms with van der Waals surface area (Å²) in [6, 6.07) is 8.72. The first kappa shape index (κ1) is 17.7. The van der Waals surface area contributed by atoms with Crippen molar-refractivity contribution in [3.8, 4) is 0 Å². The van der Waals surface area contributed by atoms with Gasteiger partial charge in [-0.05, 0) is 69.6 Å². The van der Waals surface area contributed by atoms with E-state index in [9.17, 15) is 0 Å². The summed E-state index contributed by atoms with van der Waals surface area (Å²) in [5, 5.41) is 0. The van der Waals surface area contributed by atoms with Gasteiger partial charge in [0.2, 0.25) is 0 Å². The molecule has 1 nitrogen and oxygen atoms in total. The molecule has 0 radical (unpaired) electrons. The van der Waals surface area contributed by atoms with Gasteiger partial charge in [-0.3, -0.25) is 4.99 Å². The van der Waals surface area contributed by atoms with Crippen molar-refractivity contribution in [2.75, 3.05) is 7.05 Å². The second-order valence-electron chi connectivity index (χ2n) is 5.94. The van der Waals surface area contributed by atoms with Gasteiger partial charge in [0.05, 0.1) is 0 Å². The summed E-state index contributed by atoms with van der Waals surface area (Å²) in [7, 11) is 1.91. The van der Waals surface area contributed by atoms with E-state index in [0.717, 1.165) is 6.42 Å². The molecular formula is C20H31N. The van der Waals surface area contributed by atoms with Crippen LogP contribution in [0.4, 0.5) is 0 Å². The molecular weight excluding hydrogens is 254 g/mol. The zero-order chi connectivity index (χ0) is 15.5. The van der Waals surface area contributed by atoms with Gasteiger partial charge in [0.25, 0.3) is 0 Å². The molecule has 1 rings (SSSR count). The molecule has 0 N–H and O–H groups in total. The van der Waals surface area contributed by atoms with Gasteiger partial charge in [-0.15, -0.1) is 0 Å². The molecule has 0 amide bonds. The summed E-state index contributed by atoms with van der Waals surface area (Å²) in [5.41, 5.74) is 5.65. The fourth-order valence-corrected chi connectivity index (χ4v) is 2.57. The lowest BCUT2D eigenvalue weighted by molar-refractivity contribution is 0.727. The Labute approximate surface area is 131 Å². The summed E-state index contributed by atoms with van der Waals surface area (Å²) >= 11 is 0. The number of aryl methyl sites for hydroxylation is 2. The molecule has 0 aromatic heterocycles. The number of nitrogens with zero attached hydrogens (tertiary/aromatic N) is 1. The van der Waals surface area contributed by atoms with Crippen LogP contribution in [0, 0.1) is 6.92 Å². The van der Waals surface area contributed by atoms with Crippen LogP contribution in [-0.2, 0) is 6.42 Å². The van der Waals surface area contributed by atoms with Crippen LogP contribution in [0.3, 0.4) is 0 Å². The standard InChI is InChI=1S/C20H31N/c1-5-6-15-20(21-4)16-17(2)11-7-9-13-19-14-10-8-12-18(19)3/h8,10,12,14,16H,5-7,9,11,13,15H2,1-4H3/b17-16-,21-20?. The summed E-state index contributed by atoms with van der Waals surface area (Å²) < 4.78 is 0. The van der Waals surface area contributed by atoms with Crippen molar-refractivity contribution < 1.29 is 0 Å². The number of hydrogen-bond donors (Lipinski definition) is 0. The molecule has 0 aliphatic heterocycles. The van der Waals surface area contributed by atoms with Gasteiger partial charge in [0, 0.05) is 12.8 Å². The van der Waals surface area contributed by atoms with Crippen LogP contribution in [0.2, 0.25) is 0 Å². The fraction of sp³-hybridized carbons (Fsp3) is 0.550. The molecule has 0 fully saturated rings. The topological polar surface area (TPSA) is 12.4 Å². The van der Waals surface area contributed by atoms with Crippen LogP contribution in [-0.4, -0.2) is 12.8 Å². The minimum atomic E-state index is 1.12. The molecule has 0 spiro atoms. The molecule has 1 aromatic rings. The van der Waals surface area contributed by atoms with Gasteiger partial charge in [-0.25, -0.2) is 0 Å². The van der Waals surface area contributed by atoms with Gasteiger partial charge in [0.1, 0.15) is 0 Å². The molecule has 116 valence electrons. The maximum atomic E-state index is 4.39. The summed E-state index contributed by atoms with van der Waals surface area (Å²) in [5.74, 6) is 0. The van der Waals surface area contributed by atoms with Crippen molar-refractivity contribution in [2.24, 2.45) is 4.99 Å². The van der Waals surface area contributed by atoms with E-state index in [1.807, 2.05) is 7.05 Å². The molecule has 0 heterocycles. The van der Waals surface area contributed by atoms with Crippen LogP contribution < -0.4 is 0 Å². The Morgan fingerprint density at radius 3 is 2.52 bits per heavy atom. The first-order valence-corrected chi connectivity index (χ1v) is 8.34. The largest absolute Gasteiger partial charge is 0.293 e. The number of aliphatic imine (C=N–C) groups is 1. The van der Waals surface area contributed by atoms with Crippen LogP contribution in [0.15, 0.2) is 40.9 Å². The van der Waals surface area contributed by atoms with Gasteiger partial charge < -0.3 is 0 Å². The molecule has 0 unspecified atom stereocenters. The summed E-state index contributed by atoms with van der Waals surface area (Å²) in [6.45, 7) is 6.68. The first-order chi connectivity index (χ1) is 10.2. The average Bonchev–Trinajstić information content (AvgIpc) is 2.49. The first-order valence-electron chi connectivity index (χ1n) is 8.34. The van der Waals surface area contributed by atoms with E-state index in [0.29, 0.717) is 0 Å². The van der Waals surface area contributed by atoms with Crippen molar-refractivity contribution >= 4 is 5.71 Å². The van der Waals surface area contributed by atoms with E-state index in [2.05, 4.69) is 56.1 Å². The highest BCUT2D eigenvalue weighted by atomic mass is 14.7. The van der Waals surface area contributed by atoms with E-state index < -0.39 is 0 Å². The molecule has 0 bridgehead atoms. The highest BCUT2D eigenvalue weighted by Crippen LogP contribution is 2.14. The quantitative estimate of drug-likeness (QED) is 0.395. The van der Waals surface area contributed by atoms with Crippen LogP contribution in [0.5, 0.6) is 0 Å². The van der Waals surface area contributed by atoms with E-state index >= 15 is 0 Å². The lowest BCUT2D eigenvalue weighted by atomic mass is 10.0. The third-order valence-corrected chi connectivity index (χ3v) is 4.02. The van der Waals surface area contributed by atoms with Gasteiger partial charge in [-0.2, -0.15) is 0 Å². The summed E-state index contributed by atoms with van der Waals surface area (Å²) in [4.78, 5) is 4.39. The van der Waals surface area contributed by atoms with E-state index in [1.54, 1.807) is 0 Å². The number of rotatable bonds is 9. The minimum Gasteiger partial charge on any atom is -0.293 e. The average molecular weight is 285 g/mol. The summed E-state index contributed by atoms with van der Waals surface area (Å²) in [6.07, 6.45) is 10.8. The second kappa shape index (κ2) is 10.4. The number of allylic oxidation sites excluding steroid dienone is 2. The second-order valence-corrected chi connectivity index (χ2v) is 5.94. The zero-order valence-electron chi connectivity index (χ0n) is 14.3. The smallest absolute Gasteiger partial charge is 0.0344 e. The molecule has 0 saturated heterocycles. The highest BCUT2D eigenvalue weighted by molar-refractivity contribution is 5.95. The zero-order valence-corrected chi connectivity index (χ0v) is 14.3. The van der Waals surface area contributed by atoms with Crippen molar-refractivity contribution in [3.63, 3.8) is 0 Å². The number of unbranched alkanes of at least 4 members (excludes halogenated alkanes) is 2. The Morgan fingerprint density at radius 2 is 1.86 bits per heavy atom. The van der Waals surface area contributed by atoms with E-state index in [4.69, 9.17) is 0 Å². The number of benzene rings is 1. The molecule has 0 aliphatic carbocycles. The molecule has 1 aromatic carbocycles. The maximum absolute atomic E-state index is 4.39. The lowest BCUT2D eigenvalue weighted by Crippen LogP contribution is -1.95. The molecule has 21 heavy (non-hydrogen) atoms. The predicted octanol–water partition coefficient (Wildman–Crippen LogP) is 5.92. The minimum absolute atomic E-state index is 1.12. The third-order valence-electron chi connectivity index (χ3n) is 4.02. The Hall–Kier alpha value is -1.37. The van der Waals surface area contributed by atoms with Crippen molar-refractivity contribution in [1.82, 2.24) is 0 Å². The van der Waals surface area contributed by atoms with Crippen LogP contribution in [0.25, 0.3) is 0 Å². The van der Waals surface area contributed by atoms with Crippen molar-refractivity contribution in [3.05, 3.63) is 47.0 Å². The molecule has 0 atom stereocenters. The highest BCUT2D eigenvalue weighted by Gasteiger charge is 1.99.